The lowest BCUT2D eigenvalue weighted by Gasteiger charge is -2.35. The third-order valence-corrected chi connectivity index (χ3v) is 4.82. The van der Waals surface area contributed by atoms with Crippen molar-refractivity contribution in [3.05, 3.63) is 53.1 Å². The number of amides is 1. The van der Waals surface area contributed by atoms with E-state index < -0.39 is 0 Å². The number of hydrogen-bond donors (Lipinski definition) is 2. The maximum absolute atomic E-state index is 12.2. The highest BCUT2D eigenvalue weighted by Gasteiger charge is 2.19. The summed E-state index contributed by atoms with van der Waals surface area (Å²) in [4.78, 5) is 16.6. The van der Waals surface area contributed by atoms with Crippen molar-refractivity contribution < 1.29 is 9.90 Å². The zero-order chi connectivity index (χ0) is 17.8. The van der Waals surface area contributed by atoms with Crippen LogP contribution in [0.2, 0.25) is 5.02 Å². The number of phenols is 1. The number of nitrogens with zero attached hydrogens (tertiary/aromatic N) is 2. The van der Waals surface area contributed by atoms with E-state index in [4.69, 9.17) is 11.6 Å². The highest BCUT2D eigenvalue weighted by atomic mass is 35.5. The minimum Gasteiger partial charge on any atom is -0.508 e. The van der Waals surface area contributed by atoms with E-state index in [9.17, 15) is 9.90 Å². The molecule has 2 N–H and O–H groups in total. The summed E-state index contributed by atoms with van der Waals surface area (Å²) >= 11 is 6.09. The Kier molecular flexibility index (Phi) is 5.46. The number of hydrogen-bond acceptors (Lipinski definition) is 4. The fraction of sp³-hybridized carbons (Fsp3) is 0.316. The van der Waals surface area contributed by atoms with Gasteiger partial charge in [-0.25, -0.2) is 0 Å². The van der Waals surface area contributed by atoms with Crippen LogP contribution in [0.5, 0.6) is 5.75 Å². The van der Waals surface area contributed by atoms with Crippen LogP contribution >= 0.6 is 11.6 Å². The van der Waals surface area contributed by atoms with Gasteiger partial charge < -0.3 is 15.3 Å². The maximum Gasteiger partial charge on any atom is 0.238 e. The number of halogens is 1. The van der Waals surface area contributed by atoms with E-state index in [2.05, 4.69) is 15.1 Å². The van der Waals surface area contributed by atoms with E-state index in [0.717, 1.165) is 43.1 Å². The van der Waals surface area contributed by atoms with Crippen molar-refractivity contribution in [2.45, 2.75) is 6.92 Å². The lowest BCUT2D eigenvalue weighted by Crippen LogP contribution is -2.48. The number of aryl methyl sites for hydroxylation is 1. The quantitative estimate of drug-likeness (QED) is 0.880. The van der Waals surface area contributed by atoms with Crippen LogP contribution in [-0.2, 0) is 4.79 Å². The number of aromatic hydroxyl groups is 1. The lowest BCUT2D eigenvalue weighted by molar-refractivity contribution is -0.117. The Morgan fingerprint density at radius 2 is 1.80 bits per heavy atom. The average Bonchev–Trinajstić information content (AvgIpc) is 2.60. The Morgan fingerprint density at radius 3 is 2.44 bits per heavy atom. The molecule has 1 fully saturated rings. The molecule has 6 heteroatoms. The third-order valence-electron chi connectivity index (χ3n) is 4.41. The largest absolute Gasteiger partial charge is 0.508 e. The Balaban J connectivity index is 1.49. The van der Waals surface area contributed by atoms with Crippen LogP contribution in [0.15, 0.2) is 42.5 Å². The molecule has 3 rings (SSSR count). The first-order valence-electron chi connectivity index (χ1n) is 8.33. The van der Waals surface area contributed by atoms with Crippen molar-refractivity contribution in [2.75, 3.05) is 42.9 Å². The smallest absolute Gasteiger partial charge is 0.238 e. The second-order valence-electron chi connectivity index (χ2n) is 6.29. The molecular formula is C19H22ClN3O2. The van der Waals surface area contributed by atoms with Crippen LogP contribution < -0.4 is 10.2 Å². The monoisotopic (exact) mass is 359 g/mol. The highest BCUT2D eigenvalue weighted by Crippen LogP contribution is 2.21. The topological polar surface area (TPSA) is 55.8 Å². The molecule has 0 unspecified atom stereocenters. The van der Waals surface area contributed by atoms with Crippen molar-refractivity contribution >= 4 is 28.9 Å². The van der Waals surface area contributed by atoms with Crippen LogP contribution in [-0.4, -0.2) is 48.6 Å². The van der Waals surface area contributed by atoms with Crippen LogP contribution in [0.1, 0.15) is 5.56 Å². The molecule has 1 heterocycles. The van der Waals surface area contributed by atoms with Gasteiger partial charge in [-0.15, -0.1) is 0 Å². The molecule has 0 aliphatic carbocycles. The SMILES string of the molecule is Cc1ccc(NC(=O)CN2CCN(c3ccc(O)cc3)CC2)cc1Cl. The van der Waals surface area contributed by atoms with Gasteiger partial charge in [0.25, 0.3) is 0 Å². The minimum absolute atomic E-state index is 0.0296. The van der Waals surface area contributed by atoms with Gasteiger partial charge in [-0.1, -0.05) is 17.7 Å². The first-order chi connectivity index (χ1) is 12.0. The summed E-state index contributed by atoms with van der Waals surface area (Å²) in [5.41, 5.74) is 2.81. The Labute approximate surface area is 152 Å². The zero-order valence-corrected chi connectivity index (χ0v) is 15.0. The van der Waals surface area contributed by atoms with Gasteiger partial charge in [0, 0.05) is 42.6 Å². The lowest BCUT2D eigenvalue weighted by atomic mass is 10.2. The number of piperazine rings is 1. The Hall–Kier alpha value is -2.24. The summed E-state index contributed by atoms with van der Waals surface area (Å²) in [7, 11) is 0. The molecule has 1 aliphatic heterocycles. The number of carbonyl (C=O) groups excluding carboxylic acids is 1. The molecule has 1 amide bonds. The van der Waals surface area contributed by atoms with Gasteiger partial charge in [0.1, 0.15) is 5.75 Å². The van der Waals surface area contributed by atoms with E-state index in [1.165, 1.54) is 0 Å². The van der Waals surface area contributed by atoms with E-state index in [1.54, 1.807) is 18.2 Å². The fourth-order valence-electron chi connectivity index (χ4n) is 2.90. The first-order valence-corrected chi connectivity index (χ1v) is 8.71. The van der Waals surface area contributed by atoms with Gasteiger partial charge in [0.05, 0.1) is 6.54 Å². The van der Waals surface area contributed by atoms with Crippen molar-refractivity contribution in [1.29, 1.82) is 0 Å². The molecule has 0 bridgehead atoms. The van der Waals surface area contributed by atoms with E-state index >= 15 is 0 Å². The Morgan fingerprint density at radius 1 is 1.12 bits per heavy atom. The molecule has 0 saturated carbocycles. The number of anilines is 2. The molecule has 1 saturated heterocycles. The zero-order valence-electron chi connectivity index (χ0n) is 14.2. The molecule has 5 nitrogen and oxygen atoms in total. The van der Waals surface area contributed by atoms with E-state index in [-0.39, 0.29) is 11.7 Å². The number of phenolic OH excluding ortho intramolecular Hbond substituents is 1. The summed E-state index contributed by atoms with van der Waals surface area (Å²) < 4.78 is 0. The second kappa shape index (κ2) is 7.76. The number of carbonyl (C=O) groups is 1. The standard InChI is InChI=1S/C19H22ClN3O2/c1-14-2-3-15(12-18(14)20)21-19(25)13-22-8-10-23(11-9-22)16-4-6-17(24)7-5-16/h2-7,12,24H,8-11,13H2,1H3,(H,21,25). The molecule has 2 aromatic carbocycles. The van der Waals surface area contributed by atoms with Crippen molar-refractivity contribution in [3.8, 4) is 5.75 Å². The van der Waals surface area contributed by atoms with Gasteiger partial charge in [-0.05, 0) is 48.9 Å². The average molecular weight is 360 g/mol. The summed E-state index contributed by atoms with van der Waals surface area (Å²) in [6.45, 7) is 5.66. The normalized spacial score (nSPS) is 15.2. The van der Waals surface area contributed by atoms with Crippen molar-refractivity contribution in [2.24, 2.45) is 0 Å². The molecular weight excluding hydrogens is 338 g/mol. The number of nitrogens with one attached hydrogen (secondary N) is 1. The molecule has 25 heavy (non-hydrogen) atoms. The molecule has 0 radical (unpaired) electrons. The summed E-state index contributed by atoms with van der Waals surface area (Å²) in [6, 6.07) is 12.8. The Bertz CT molecular complexity index is 741. The van der Waals surface area contributed by atoms with Crippen LogP contribution in [0.3, 0.4) is 0 Å². The van der Waals surface area contributed by atoms with Gasteiger partial charge in [-0.2, -0.15) is 0 Å². The maximum atomic E-state index is 12.2. The third kappa shape index (κ3) is 4.65. The molecule has 1 aliphatic rings. The van der Waals surface area contributed by atoms with Gasteiger partial charge >= 0.3 is 0 Å². The predicted octanol–water partition coefficient (Wildman–Crippen LogP) is 3.11. The van der Waals surface area contributed by atoms with Crippen molar-refractivity contribution in [3.63, 3.8) is 0 Å². The molecule has 2 aromatic rings. The highest BCUT2D eigenvalue weighted by molar-refractivity contribution is 6.31. The van der Waals surface area contributed by atoms with E-state index in [0.29, 0.717) is 11.6 Å². The van der Waals surface area contributed by atoms with Crippen LogP contribution in [0.4, 0.5) is 11.4 Å². The number of rotatable bonds is 4. The fourth-order valence-corrected chi connectivity index (χ4v) is 3.08. The van der Waals surface area contributed by atoms with Crippen molar-refractivity contribution in [1.82, 2.24) is 4.90 Å². The molecule has 0 aromatic heterocycles. The first kappa shape index (κ1) is 17.6. The summed E-state index contributed by atoms with van der Waals surface area (Å²) in [5, 5.41) is 12.9. The summed E-state index contributed by atoms with van der Waals surface area (Å²) in [6.07, 6.45) is 0. The second-order valence-corrected chi connectivity index (χ2v) is 6.70. The number of benzene rings is 2. The van der Waals surface area contributed by atoms with Gasteiger partial charge in [0.2, 0.25) is 5.91 Å². The van der Waals surface area contributed by atoms with Crippen LogP contribution in [0.25, 0.3) is 0 Å². The minimum atomic E-state index is -0.0296. The van der Waals surface area contributed by atoms with Crippen LogP contribution in [0, 0.1) is 6.92 Å². The molecule has 0 spiro atoms. The summed E-state index contributed by atoms with van der Waals surface area (Å²) in [5.74, 6) is 0.244. The molecule has 132 valence electrons. The van der Waals surface area contributed by atoms with E-state index in [1.807, 2.05) is 31.2 Å². The van der Waals surface area contributed by atoms with Gasteiger partial charge in [0.15, 0.2) is 0 Å². The predicted molar refractivity (Wildman–Crippen MR) is 102 cm³/mol. The van der Waals surface area contributed by atoms with Gasteiger partial charge in [-0.3, -0.25) is 9.69 Å². The molecule has 0 atom stereocenters.